The summed E-state index contributed by atoms with van der Waals surface area (Å²) < 4.78 is 0. The molecule has 1 rings (SSSR count). The topological polar surface area (TPSA) is 53.4 Å². The van der Waals surface area contributed by atoms with E-state index in [1.54, 1.807) is 11.3 Å². The number of carboxylic acid groups (broad SMARTS) is 1. The Bertz CT molecular complexity index is 363. The van der Waals surface area contributed by atoms with Gasteiger partial charge in [0.25, 0.3) is 0 Å². The first-order chi connectivity index (χ1) is 7.52. The number of rotatable bonds is 6. The SMILES string of the molecule is CCCN(CC(=O)O)Cc1sc(C)nc1C. The Morgan fingerprint density at radius 3 is 2.62 bits per heavy atom. The van der Waals surface area contributed by atoms with Gasteiger partial charge in [-0.05, 0) is 26.8 Å². The molecule has 0 fully saturated rings. The largest absolute Gasteiger partial charge is 0.480 e. The van der Waals surface area contributed by atoms with Crippen molar-refractivity contribution in [2.75, 3.05) is 13.1 Å². The normalized spacial score (nSPS) is 11.0. The third kappa shape index (κ3) is 3.90. The van der Waals surface area contributed by atoms with E-state index in [4.69, 9.17) is 5.11 Å². The Balaban J connectivity index is 2.66. The summed E-state index contributed by atoms with van der Waals surface area (Å²) in [5.74, 6) is -0.771. The van der Waals surface area contributed by atoms with Crippen LogP contribution in [0.3, 0.4) is 0 Å². The molecule has 0 aromatic carbocycles. The van der Waals surface area contributed by atoms with E-state index in [1.165, 1.54) is 4.88 Å². The van der Waals surface area contributed by atoms with Gasteiger partial charge in [0.15, 0.2) is 0 Å². The van der Waals surface area contributed by atoms with Gasteiger partial charge in [0.1, 0.15) is 0 Å². The molecule has 4 nitrogen and oxygen atoms in total. The number of hydrogen-bond acceptors (Lipinski definition) is 4. The van der Waals surface area contributed by atoms with Crippen LogP contribution in [0.15, 0.2) is 0 Å². The number of hydrogen-bond donors (Lipinski definition) is 1. The highest BCUT2D eigenvalue weighted by Gasteiger charge is 2.13. The van der Waals surface area contributed by atoms with E-state index < -0.39 is 5.97 Å². The minimum absolute atomic E-state index is 0.101. The standard InChI is InChI=1S/C11H18N2O2S/c1-4-5-13(7-11(14)15)6-10-8(2)12-9(3)16-10/h4-7H2,1-3H3,(H,14,15). The Kier molecular flexibility index (Phi) is 4.89. The minimum atomic E-state index is -0.771. The summed E-state index contributed by atoms with van der Waals surface area (Å²) in [5.41, 5.74) is 1.02. The van der Waals surface area contributed by atoms with Crippen LogP contribution in [0.5, 0.6) is 0 Å². The van der Waals surface area contributed by atoms with Crippen LogP contribution in [0.2, 0.25) is 0 Å². The zero-order valence-corrected chi connectivity index (χ0v) is 10.8. The van der Waals surface area contributed by atoms with E-state index in [0.717, 1.165) is 23.7 Å². The number of carbonyl (C=O) groups is 1. The van der Waals surface area contributed by atoms with Crippen LogP contribution in [-0.4, -0.2) is 34.0 Å². The van der Waals surface area contributed by atoms with Crippen molar-refractivity contribution in [3.63, 3.8) is 0 Å². The highest BCUT2D eigenvalue weighted by molar-refractivity contribution is 7.11. The van der Waals surface area contributed by atoms with Gasteiger partial charge in [0, 0.05) is 11.4 Å². The Hall–Kier alpha value is -0.940. The summed E-state index contributed by atoms with van der Waals surface area (Å²) >= 11 is 1.65. The minimum Gasteiger partial charge on any atom is -0.480 e. The van der Waals surface area contributed by atoms with Gasteiger partial charge in [-0.3, -0.25) is 9.69 Å². The van der Waals surface area contributed by atoms with E-state index in [-0.39, 0.29) is 6.54 Å². The Labute approximate surface area is 99.9 Å². The van der Waals surface area contributed by atoms with Crippen LogP contribution in [0, 0.1) is 13.8 Å². The second kappa shape index (κ2) is 5.96. The summed E-state index contributed by atoms with van der Waals surface area (Å²) in [5, 5.41) is 9.85. The lowest BCUT2D eigenvalue weighted by Gasteiger charge is -2.18. The third-order valence-electron chi connectivity index (χ3n) is 2.27. The van der Waals surface area contributed by atoms with Crippen molar-refractivity contribution in [2.45, 2.75) is 33.7 Å². The van der Waals surface area contributed by atoms with E-state index >= 15 is 0 Å². The molecule has 0 spiro atoms. The van der Waals surface area contributed by atoms with Crippen molar-refractivity contribution in [1.82, 2.24) is 9.88 Å². The summed E-state index contributed by atoms with van der Waals surface area (Å²) in [6.45, 7) is 7.61. The van der Waals surface area contributed by atoms with Crippen LogP contribution < -0.4 is 0 Å². The van der Waals surface area contributed by atoms with E-state index in [9.17, 15) is 4.79 Å². The second-order valence-electron chi connectivity index (χ2n) is 3.85. The predicted molar refractivity (Wildman–Crippen MR) is 64.8 cm³/mol. The van der Waals surface area contributed by atoms with Gasteiger partial charge >= 0.3 is 5.97 Å². The van der Waals surface area contributed by atoms with Gasteiger partial charge in [-0.15, -0.1) is 11.3 Å². The number of aliphatic carboxylic acids is 1. The maximum Gasteiger partial charge on any atom is 0.317 e. The molecule has 1 N–H and O–H groups in total. The Morgan fingerprint density at radius 2 is 2.19 bits per heavy atom. The molecule has 0 radical (unpaired) electrons. The highest BCUT2D eigenvalue weighted by Crippen LogP contribution is 2.19. The van der Waals surface area contributed by atoms with Crippen molar-refractivity contribution in [3.05, 3.63) is 15.6 Å². The molecule has 1 heterocycles. The lowest BCUT2D eigenvalue weighted by atomic mass is 10.3. The fourth-order valence-corrected chi connectivity index (χ4v) is 2.62. The first-order valence-electron chi connectivity index (χ1n) is 5.40. The number of aryl methyl sites for hydroxylation is 2. The molecule has 5 heteroatoms. The van der Waals surface area contributed by atoms with Gasteiger partial charge in [-0.25, -0.2) is 4.98 Å². The molecule has 0 bridgehead atoms. The fraction of sp³-hybridized carbons (Fsp3) is 0.636. The summed E-state index contributed by atoms with van der Waals surface area (Å²) in [6.07, 6.45) is 0.962. The van der Waals surface area contributed by atoms with Crippen LogP contribution in [0.4, 0.5) is 0 Å². The average Bonchev–Trinajstić information content (AvgIpc) is 2.44. The maximum atomic E-state index is 10.7. The van der Waals surface area contributed by atoms with E-state index in [0.29, 0.717) is 6.54 Å². The molecule has 0 saturated heterocycles. The van der Waals surface area contributed by atoms with Crippen LogP contribution in [0.1, 0.15) is 28.9 Å². The molecule has 0 unspecified atom stereocenters. The molecule has 1 aromatic rings. The van der Waals surface area contributed by atoms with Crippen LogP contribution in [0.25, 0.3) is 0 Å². The monoisotopic (exact) mass is 242 g/mol. The molecule has 16 heavy (non-hydrogen) atoms. The predicted octanol–water partition coefficient (Wildman–Crippen LogP) is 2.06. The number of thiazole rings is 1. The van der Waals surface area contributed by atoms with E-state index in [2.05, 4.69) is 11.9 Å². The summed E-state index contributed by atoms with van der Waals surface area (Å²) in [7, 11) is 0. The molecule has 0 saturated carbocycles. The van der Waals surface area contributed by atoms with E-state index in [1.807, 2.05) is 18.7 Å². The molecule has 1 aromatic heterocycles. The number of nitrogens with zero attached hydrogens (tertiary/aromatic N) is 2. The second-order valence-corrected chi connectivity index (χ2v) is 5.13. The summed E-state index contributed by atoms with van der Waals surface area (Å²) in [6, 6.07) is 0. The van der Waals surface area contributed by atoms with Crippen LogP contribution >= 0.6 is 11.3 Å². The molecule has 0 amide bonds. The smallest absolute Gasteiger partial charge is 0.317 e. The lowest BCUT2D eigenvalue weighted by Crippen LogP contribution is -2.29. The molecule has 0 aliphatic heterocycles. The molecular formula is C11H18N2O2S. The van der Waals surface area contributed by atoms with Gasteiger partial charge < -0.3 is 5.11 Å². The highest BCUT2D eigenvalue weighted by atomic mass is 32.1. The first kappa shape index (κ1) is 13.1. The zero-order valence-electron chi connectivity index (χ0n) is 9.99. The number of carboxylic acids is 1. The Morgan fingerprint density at radius 1 is 1.50 bits per heavy atom. The van der Waals surface area contributed by atoms with Crippen LogP contribution in [-0.2, 0) is 11.3 Å². The van der Waals surface area contributed by atoms with Gasteiger partial charge in [-0.2, -0.15) is 0 Å². The third-order valence-corrected chi connectivity index (χ3v) is 3.32. The van der Waals surface area contributed by atoms with Gasteiger partial charge in [0.2, 0.25) is 0 Å². The summed E-state index contributed by atoms with van der Waals surface area (Å²) in [4.78, 5) is 18.2. The quantitative estimate of drug-likeness (QED) is 0.829. The molecule has 0 atom stereocenters. The maximum absolute atomic E-state index is 10.7. The zero-order chi connectivity index (χ0) is 12.1. The molecule has 0 aliphatic rings. The lowest BCUT2D eigenvalue weighted by molar-refractivity contribution is -0.138. The van der Waals surface area contributed by atoms with Crippen molar-refractivity contribution < 1.29 is 9.90 Å². The van der Waals surface area contributed by atoms with Crippen molar-refractivity contribution in [3.8, 4) is 0 Å². The molecular weight excluding hydrogens is 224 g/mol. The van der Waals surface area contributed by atoms with Crippen molar-refractivity contribution in [1.29, 1.82) is 0 Å². The van der Waals surface area contributed by atoms with Crippen molar-refractivity contribution in [2.24, 2.45) is 0 Å². The van der Waals surface area contributed by atoms with Gasteiger partial charge in [-0.1, -0.05) is 6.92 Å². The average molecular weight is 242 g/mol. The van der Waals surface area contributed by atoms with Gasteiger partial charge in [0.05, 0.1) is 17.2 Å². The fourth-order valence-electron chi connectivity index (χ4n) is 1.64. The first-order valence-corrected chi connectivity index (χ1v) is 6.21. The van der Waals surface area contributed by atoms with Crippen molar-refractivity contribution >= 4 is 17.3 Å². The molecule has 90 valence electrons. The number of aromatic nitrogens is 1. The molecule has 0 aliphatic carbocycles.